The van der Waals surface area contributed by atoms with E-state index in [0.717, 1.165) is 19.3 Å². The van der Waals surface area contributed by atoms with Crippen LogP contribution in [0.3, 0.4) is 0 Å². The second kappa shape index (κ2) is 12.7. The van der Waals surface area contributed by atoms with Gasteiger partial charge in [-0.05, 0) is 6.92 Å². The molecule has 0 amide bonds. The normalized spacial score (nSPS) is 25.4. The van der Waals surface area contributed by atoms with Crippen LogP contribution in [-0.2, 0) is 52.4 Å². The van der Waals surface area contributed by atoms with Crippen LogP contribution in [0.5, 0.6) is 0 Å². The summed E-state index contributed by atoms with van der Waals surface area (Å²) in [4.78, 5) is 59.2. The molecule has 0 bridgehead atoms. The molecule has 0 aromatic carbocycles. The van der Waals surface area contributed by atoms with Gasteiger partial charge in [0.25, 0.3) is 0 Å². The van der Waals surface area contributed by atoms with Crippen molar-refractivity contribution in [1.82, 2.24) is 0 Å². The zero-order chi connectivity index (χ0) is 23.6. The molecule has 1 heterocycles. The van der Waals surface area contributed by atoms with Crippen molar-refractivity contribution >= 4 is 29.8 Å². The van der Waals surface area contributed by atoms with E-state index < -0.39 is 60.6 Å². The highest BCUT2D eigenvalue weighted by atomic mass is 16.7. The maximum atomic E-state index is 12.1. The fourth-order valence-corrected chi connectivity index (χ4v) is 2.55. The Kier molecular flexibility index (Phi) is 10.7. The van der Waals surface area contributed by atoms with Gasteiger partial charge >= 0.3 is 29.8 Å². The molecule has 1 rings (SSSR count). The lowest BCUT2D eigenvalue weighted by Gasteiger charge is -2.43. The van der Waals surface area contributed by atoms with E-state index in [1.165, 1.54) is 13.8 Å². The first-order valence-corrected chi connectivity index (χ1v) is 9.87. The van der Waals surface area contributed by atoms with Gasteiger partial charge in [0.05, 0.1) is 13.2 Å². The van der Waals surface area contributed by atoms with Crippen molar-refractivity contribution in [1.29, 1.82) is 0 Å². The Morgan fingerprint density at radius 2 is 1.16 bits per heavy atom. The first-order valence-electron chi connectivity index (χ1n) is 9.87. The lowest BCUT2D eigenvalue weighted by atomic mass is 9.98. The van der Waals surface area contributed by atoms with E-state index in [2.05, 4.69) is 4.74 Å². The molecule has 174 valence electrons. The summed E-state index contributed by atoms with van der Waals surface area (Å²) in [6.07, 6.45) is -4.53. The zero-order valence-electron chi connectivity index (χ0n) is 18.2. The molecule has 0 aromatic rings. The maximum absolute atomic E-state index is 12.1. The summed E-state index contributed by atoms with van der Waals surface area (Å²) in [5.41, 5.74) is 0. The van der Waals surface area contributed by atoms with Crippen LogP contribution < -0.4 is 0 Å². The molecule has 0 radical (unpaired) electrons. The van der Waals surface area contributed by atoms with E-state index in [0.29, 0.717) is 0 Å². The Labute approximate surface area is 179 Å². The quantitative estimate of drug-likeness (QED) is 0.285. The molecule has 31 heavy (non-hydrogen) atoms. The topological polar surface area (TPSA) is 141 Å². The molecule has 0 unspecified atom stereocenters. The van der Waals surface area contributed by atoms with Crippen LogP contribution >= 0.6 is 0 Å². The molecule has 0 N–H and O–H groups in total. The summed E-state index contributed by atoms with van der Waals surface area (Å²) in [6.45, 7) is 6.19. The van der Waals surface area contributed by atoms with E-state index in [-0.39, 0.29) is 19.3 Å². The Bertz CT molecular complexity index is 699. The summed E-state index contributed by atoms with van der Waals surface area (Å²) in [6, 6.07) is 0. The Morgan fingerprint density at radius 1 is 0.710 bits per heavy atom. The van der Waals surface area contributed by atoms with Gasteiger partial charge in [-0.1, -0.05) is 20.8 Å². The van der Waals surface area contributed by atoms with E-state index in [4.69, 9.17) is 23.7 Å². The van der Waals surface area contributed by atoms with Crippen LogP contribution in [0.2, 0.25) is 0 Å². The van der Waals surface area contributed by atoms with Crippen molar-refractivity contribution in [3.63, 3.8) is 0 Å². The molecule has 11 nitrogen and oxygen atoms in total. The number of methoxy groups -OCH3 is 1. The smallest absolute Gasteiger partial charge is 0.333 e. The van der Waals surface area contributed by atoms with Gasteiger partial charge in [0.1, 0.15) is 0 Å². The van der Waals surface area contributed by atoms with Gasteiger partial charge in [-0.2, -0.15) is 0 Å². The standard InChI is InChI=1S/C20H28O11/c1-6-12(21)28-17-11(4)27-20(31-16(25)10-9-15(24)26-5)19(30-14(23)8-3)18(17)29-13(22)7-2/h9-11,17-20H,6-8H2,1-5H3/b10-9+/t11-,17+,18+,19-,20+/m0/s1. The van der Waals surface area contributed by atoms with E-state index in [1.807, 2.05) is 0 Å². The van der Waals surface area contributed by atoms with Gasteiger partial charge in [0, 0.05) is 31.4 Å². The Morgan fingerprint density at radius 3 is 1.65 bits per heavy atom. The fourth-order valence-electron chi connectivity index (χ4n) is 2.55. The second-order valence-electron chi connectivity index (χ2n) is 6.43. The van der Waals surface area contributed by atoms with E-state index in [9.17, 15) is 24.0 Å². The largest absolute Gasteiger partial charge is 0.466 e. The molecule has 11 heteroatoms. The van der Waals surface area contributed by atoms with Crippen LogP contribution in [0.4, 0.5) is 0 Å². The van der Waals surface area contributed by atoms with Crippen LogP contribution in [0.15, 0.2) is 12.2 Å². The number of rotatable bonds is 9. The molecule has 0 saturated carbocycles. The van der Waals surface area contributed by atoms with Crippen molar-refractivity contribution in [2.75, 3.05) is 7.11 Å². The number of hydrogen-bond acceptors (Lipinski definition) is 11. The zero-order valence-corrected chi connectivity index (χ0v) is 18.2. The lowest BCUT2D eigenvalue weighted by Crippen LogP contribution is -2.61. The first kappa shape index (κ1) is 26.1. The Balaban J connectivity index is 3.23. The van der Waals surface area contributed by atoms with Gasteiger partial charge in [0.2, 0.25) is 12.4 Å². The summed E-state index contributed by atoms with van der Waals surface area (Å²) in [5, 5.41) is 0. The fraction of sp³-hybridized carbons (Fsp3) is 0.650. The van der Waals surface area contributed by atoms with Crippen LogP contribution in [0, 0.1) is 0 Å². The third kappa shape index (κ3) is 8.00. The molecular weight excluding hydrogens is 416 g/mol. The molecule has 1 aliphatic heterocycles. The van der Waals surface area contributed by atoms with Gasteiger partial charge in [-0.3, -0.25) is 14.4 Å². The monoisotopic (exact) mass is 444 g/mol. The number of hydrogen-bond donors (Lipinski definition) is 0. The minimum absolute atomic E-state index is 0.000940. The molecular formula is C20H28O11. The van der Waals surface area contributed by atoms with Gasteiger partial charge < -0.3 is 28.4 Å². The van der Waals surface area contributed by atoms with Gasteiger partial charge in [-0.25, -0.2) is 9.59 Å². The summed E-state index contributed by atoms with van der Waals surface area (Å²) in [7, 11) is 1.13. The van der Waals surface area contributed by atoms with Crippen molar-refractivity contribution < 1.29 is 52.4 Å². The average molecular weight is 444 g/mol. The minimum atomic E-state index is -1.49. The lowest BCUT2D eigenvalue weighted by molar-refractivity contribution is -0.292. The molecule has 1 saturated heterocycles. The first-order chi connectivity index (χ1) is 14.7. The van der Waals surface area contributed by atoms with Crippen LogP contribution in [0.25, 0.3) is 0 Å². The molecule has 1 aliphatic rings. The predicted octanol–water partition coefficient (Wildman–Crippen LogP) is 0.969. The molecule has 1 fully saturated rings. The van der Waals surface area contributed by atoms with Crippen LogP contribution in [-0.4, -0.2) is 67.7 Å². The molecule has 0 aliphatic carbocycles. The van der Waals surface area contributed by atoms with Crippen LogP contribution in [0.1, 0.15) is 47.0 Å². The summed E-state index contributed by atoms with van der Waals surface area (Å²) >= 11 is 0. The average Bonchev–Trinajstić information content (AvgIpc) is 2.76. The van der Waals surface area contributed by atoms with Gasteiger partial charge in [0.15, 0.2) is 12.2 Å². The number of ether oxygens (including phenoxy) is 6. The second-order valence-corrected chi connectivity index (χ2v) is 6.43. The molecule has 5 atom stereocenters. The SMILES string of the molecule is CCC(=O)O[C@H]1[C@H](OC(=O)CC)[C@@H](OC(=O)/C=C/C(=O)OC)O[C@@H](C)[C@H]1OC(=O)CC. The van der Waals surface area contributed by atoms with Crippen molar-refractivity contribution in [3.8, 4) is 0 Å². The Hall–Kier alpha value is -2.95. The molecule has 0 spiro atoms. The third-order valence-corrected chi connectivity index (χ3v) is 4.18. The van der Waals surface area contributed by atoms with Crippen molar-refractivity contribution in [3.05, 3.63) is 12.2 Å². The number of esters is 5. The van der Waals surface area contributed by atoms with Gasteiger partial charge in [-0.15, -0.1) is 0 Å². The number of carbonyl (C=O) groups is 5. The summed E-state index contributed by atoms with van der Waals surface area (Å²) in [5.74, 6) is -3.71. The summed E-state index contributed by atoms with van der Waals surface area (Å²) < 4.78 is 31.3. The predicted molar refractivity (Wildman–Crippen MR) is 102 cm³/mol. The highest BCUT2D eigenvalue weighted by Crippen LogP contribution is 2.30. The van der Waals surface area contributed by atoms with E-state index in [1.54, 1.807) is 13.8 Å². The molecule has 0 aromatic heterocycles. The van der Waals surface area contributed by atoms with Crippen molar-refractivity contribution in [2.24, 2.45) is 0 Å². The highest BCUT2D eigenvalue weighted by molar-refractivity contribution is 5.91. The van der Waals surface area contributed by atoms with E-state index >= 15 is 0 Å². The highest BCUT2D eigenvalue weighted by Gasteiger charge is 2.52. The van der Waals surface area contributed by atoms with Crippen molar-refractivity contribution in [2.45, 2.75) is 77.7 Å². The number of carbonyl (C=O) groups excluding carboxylic acids is 5. The third-order valence-electron chi connectivity index (χ3n) is 4.18. The maximum Gasteiger partial charge on any atom is 0.333 e. The minimum Gasteiger partial charge on any atom is -0.466 e.